The Balaban J connectivity index is 1.75. The highest BCUT2D eigenvalue weighted by atomic mass is 16.2. The van der Waals surface area contributed by atoms with E-state index in [0.29, 0.717) is 42.9 Å². The van der Waals surface area contributed by atoms with Crippen molar-refractivity contribution in [3.63, 3.8) is 0 Å². The summed E-state index contributed by atoms with van der Waals surface area (Å²) in [6, 6.07) is 20.0. The van der Waals surface area contributed by atoms with Crippen LogP contribution in [-0.2, 0) is 25.9 Å². The van der Waals surface area contributed by atoms with Crippen LogP contribution >= 0.6 is 0 Å². The fourth-order valence-corrected chi connectivity index (χ4v) is 3.89. The van der Waals surface area contributed by atoms with Crippen LogP contribution in [0.2, 0.25) is 0 Å². The lowest BCUT2D eigenvalue weighted by Crippen LogP contribution is -2.40. The molecule has 2 aromatic heterocycles. The monoisotopic (exact) mass is 416 g/mol. The fraction of sp³-hybridized carbons (Fsp3) is 0.320. The molecule has 0 aliphatic rings. The van der Waals surface area contributed by atoms with E-state index in [1.54, 1.807) is 4.57 Å². The molecule has 0 unspecified atom stereocenters. The van der Waals surface area contributed by atoms with E-state index >= 15 is 0 Å². The number of nitrogens with zero attached hydrogens (tertiary/aromatic N) is 3. The number of rotatable bonds is 9. The number of hydrogen-bond acceptors (Lipinski definition) is 3. The number of aromatic amines is 1. The van der Waals surface area contributed by atoms with Gasteiger partial charge in [-0.3, -0.25) is 13.9 Å². The number of fused-ring (bicyclic) bond motifs is 1. The number of aryl methyl sites for hydroxylation is 2. The third-order valence-electron chi connectivity index (χ3n) is 5.58. The van der Waals surface area contributed by atoms with Gasteiger partial charge in [0.2, 0.25) is 0 Å². The Morgan fingerprint density at radius 2 is 1.52 bits per heavy atom. The standard InChI is InChI=1S/C25H28N4O2/c1-2-3-10-16-29-24(30)22-23(27-21(26-22)18-20-13-8-5-9-14-20)28(25(29)31)17-15-19-11-6-4-7-12-19/h4-9,11-14H,2-3,10,15-18H2,1H3,(H,26,27). The van der Waals surface area contributed by atoms with E-state index in [1.807, 2.05) is 60.7 Å². The van der Waals surface area contributed by atoms with Crippen molar-refractivity contribution in [2.24, 2.45) is 0 Å². The minimum absolute atomic E-state index is 0.276. The first kappa shape index (κ1) is 20.8. The van der Waals surface area contributed by atoms with Crippen LogP contribution in [0, 0.1) is 0 Å². The second-order valence-electron chi connectivity index (χ2n) is 7.88. The van der Waals surface area contributed by atoms with Crippen LogP contribution in [0.25, 0.3) is 11.2 Å². The number of nitrogens with one attached hydrogen (secondary N) is 1. The summed E-state index contributed by atoms with van der Waals surface area (Å²) in [6.07, 6.45) is 4.10. The highest BCUT2D eigenvalue weighted by Crippen LogP contribution is 2.12. The van der Waals surface area contributed by atoms with Gasteiger partial charge in [-0.1, -0.05) is 80.4 Å². The molecule has 1 N–H and O–H groups in total. The summed E-state index contributed by atoms with van der Waals surface area (Å²) in [7, 11) is 0. The fourth-order valence-electron chi connectivity index (χ4n) is 3.89. The number of aromatic nitrogens is 4. The maximum atomic E-state index is 13.3. The zero-order chi connectivity index (χ0) is 21.6. The molecule has 0 bridgehead atoms. The highest BCUT2D eigenvalue weighted by molar-refractivity contribution is 5.70. The first-order chi connectivity index (χ1) is 15.2. The first-order valence-electron chi connectivity index (χ1n) is 11.0. The van der Waals surface area contributed by atoms with Crippen LogP contribution in [0.4, 0.5) is 0 Å². The number of hydrogen-bond donors (Lipinski definition) is 1. The third kappa shape index (κ3) is 4.68. The molecule has 4 aromatic rings. The molecule has 0 spiro atoms. The van der Waals surface area contributed by atoms with Crippen molar-refractivity contribution in [3.8, 4) is 0 Å². The van der Waals surface area contributed by atoms with E-state index in [4.69, 9.17) is 0 Å². The van der Waals surface area contributed by atoms with Crippen molar-refractivity contribution in [1.82, 2.24) is 19.1 Å². The molecule has 31 heavy (non-hydrogen) atoms. The SMILES string of the molecule is CCCCCn1c(=O)c2[nH]c(Cc3ccccc3)nc2n(CCc2ccccc2)c1=O. The molecule has 4 rings (SSSR count). The number of H-pyrrole nitrogens is 1. The predicted octanol–water partition coefficient (Wildman–Crippen LogP) is 3.91. The van der Waals surface area contributed by atoms with Crippen LogP contribution in [0.5, 0.6) is 0 Å². The number of imidazole rings is 1. The largest absolute Gasteiger partial charge is 0.336 e. The van der Waals surface area contributed by atoms with Crippen LogP contribution in [-0.4, -0.2) is 19.1 Å². The van der Waals surface area contributed by atoms with E-state index < -0.39 is 0 Å². The van der Waals surface area contributed by atoms with Crippen molar-refractivity contribution in [3.05, 3.63) is 98.5 Å². The van der Waals surface area contributed by atoms with Crippen molar-refractivity contribution in [2.45, 2.75) is 52.1 Å². The van der Waals surface area contributed by atoms with Crippen LogP contribution < -0.4 is 11.2 Å². The molecular weight excluding hydrogens is 388 g/mol. The number of unbranched alkanes of at least 4 members (excludes halogenated alkanes) is 2. The lowest BCUT2D eigenvalue weighted by molar-refractivity contribution is 0.531. The smallest absolute Gasteiger partial charge is 0.332 e. The van der Waals surface area contributed by atoms with Crippen molar-refractivity contribution in [1.29, 1.82) is 0 Å². The molecule has 0 atom stereocenters. The molecule has 6 heteroatoms. The van der Waals surface area contributed by atoms with Gasteiger partial charge in [-0.25, -0.2) is 9.78 Å². The zero-order valence-corrected chi connectivity index (χ0v) is 17.9. The van der Waals surface area contributed by atoms with Crippen molar-refractivity contribution < 1.29 is 0 Å². The quantitative estimate of drug-likeness (QED) is 0.421. The van der Waals surface area contributed by atoms with Crippen molar-refractivity contribution >= 4 is 11.2 Å². The molecule has 0 amide bonds. The minimum atomic E-state index is -0.279. The van der Waals surface area contributed by atoms with Crippen LogP contribution in [0.1, 0.15) is 43.1 Å². The molecule has 0 radical (unpaired) electrons. The Kier molecular flexibility index (Phi) is 6.46. The summed E-state index contributed by atoms with van der Waals surface area (Å²) in [4.78, 5) is 34.3. The molecule has 2 aromatic carbocycles. The molecule has 6 nitrogen and oxygen atoms in total. The van der Waals surface area contributed by atoms with Gasteiger partial charge < -0.3 is 4.98 Å². The summed E-state index contributed by atoms with van der Waals surface area (Å²) in [5.41, 5.74) is 2.55. The Labute approximate surface area is 181 Å². The second kappa shape index (κ2) is 9.60. The van der Waals surface area contributed by atoms with Gasteiger partial charge in [0, 0.05) is 19.5 Å². The molecule has 0 saturated carbocycles. The molecule has 0 fully saturated rings. The maximum Gasteiger partial charge on any atom is 0.332 e. The topological polar surface area (TPSA) is 72.7 Å². The van der Waals surface area contributed by atoms with Gasteiger partial charge in [0.1, 0.15) is 11.3 Å². The summed E-state index contributed by atoms with van der Waals surface area (Å²) in [5, 5.41) is 0. The van der Waals surface area contributed by atoms with Crippen LogP contribution in [0.15, 0.2) is 70.3 Å². The molecular formula is C25H28N4O2. The summed E-state index contributed by atoms with van der Waals surface area (Å²) >= 11 is 0. The average Bonchev–Trinajstić information content (AvgIpc) is 3.21. The Morgan fingerprint density at radius 1 is 0.839 bits per heavy atom. The van der Waals surface area contributed by atoms with Gasteiger partial charge in [0.25, 0.3) is 5.56 Å². The predicted molar refractivity (Wildman–Crippen MR) is 124 cm³/mol. The molecule has 2 heterocycles. The Bertz CT molecular complexity index is 1250. The van der Waals surface area contributed by atoms with Gasteiger partial charge >= 0.3 is 5.69 Å². The van der Waals surface area contributed by atoms with Gasteiger partial charge in [-0.15, -0.1) is 0 Å². The first-order valence-corrected chi connectivity index (χ1v) is 11.0. The van der Waals surface area contributed by atoms with E-state index in [0.717, 1.165) is 30.4 Å². The van der Waals surface area contributed by atoms with Crippen molar-refractivity contribution in [2.75, 3.05) is 0 Å². The van der Waals surface area contributed by atoms with E-state index in [-0.39, 0.29) is 11.2 Å². The van der Waals surface area contributed by atoms with Gasteiger partial charge in [-0.2, -0.15) is 0 Å². The highest BCUT2D eigenvalue weighted by Gasteiger charge is 2.17. The lowest BCUT2D eigenvalue weighted by Gasteiger charge is -2.11. The summed E-state index contributed by atoms with van der Waals surface area (Å²) in [5.74, 6) is 0.692. The molecule has 0 saturated heterocycles. The van der Waals surface area contributed by atoms with Gasteiger partial charge in [0.15, 0.2) is 5.65 Å². The minimum Gasteiger partial charge on any atom is -0.336 e. The van der Waals surface area contributed by atoms with E-state index in [1.165, 1.54) is 4.57 Å². The Morgan fingerprint density at radius 3 is 2.19 bits per heavy atom. The average molecular weight is 417 g/mol. The molecule has 160 valence electrons. The number of benzene rings is 2. The van der Waals surface area contributed by atoms with E-state index in [9.17, 15) is 9.59 Å². The van der Waals surface area contributed by atoms with Crippen LogP contribution in [0.3, 0.4) is 0 Å². The normalized spacial score (nSPS) is 11.3. The molecule has 0 aliphatic heterocycles. The van der Waals surface area contributed by atoms with Gasteiger partial charge in [-0.05, 0) is 24.0 Å². The molecule has 0 aliphatic carbocycles. The summed E-state index contributed by atoms with van der Waals surface area (Å²) < 4.78 is 3.02. The Hall–Kier alpha value is -3.41. The maximum absolute atomic E-state index is 13.3. The zero-order valence-electron chi connectivity index (χ0n) is 17.9. The third-order valence-corrected chi connectivity index (χ3v) is 5.58. The second-order valence-corrected chi connectivity index (χ2v) is 7.88. The lowest BCUT2D eigenvalue weighted by atomic mass is 10.1. The van der Waals surface area contributed by atoms with Gasteiger partial charge in [0.05, 0.1) is 0 Å². The van der Waals surface area contributed by atoms with E-state index in [2.05, 4.69) is 16.9 Å². The summed E-state index contributed by atoms with van der Waals surface area (Å²) in [6.45, 7) is 3.01.